The lowest BCUT2D eigenvalue weighted by Crippen LogP contribution is -2.27. The molecule has 2 aromatic rings. The molecular weight excluding hydrogens is 280 g/mol. The smallest absolute Gasteiger partial charge is 0.246 e. The molecule has 1 unspecified atom stereocenters. The third-order valence-corrected chi connectivity index (χ3v) is 4.31. The van der Waals surface area contributed by atoms with Crippen molar-refractivity contribution in [2.75, 3.05) is 13.1 Å². The molecule has 2 aliphatic rings. The molecule has 0 radical (unpaired) electrons. The summed E-state index contributed by atoms with van der Waals surface area (Å²) >= 11 is 0. The average Bonchev–Trinajstić information content (AvgIpc) is 3.02. The summed E-state index contributed by atoms with van der Waals surface area (Å²) in [4.78, 5) is 14.0. The van der Waals surface area contributed by atoms with Crippen molar-refractivity contribution >= 4 is 12.0 Å². The van der Waals surface area contributed by atoms with Crippen molar-refractivity contribution in [3.63, 3.8) is 0 Å². The first-order chi connectivity index (χ1) is 10.8. The van der Waals surface area contributed by atoms with Gasteiger partial charge in [-0.15, -0.1) is 5.10 Å². The molecule has 1 atom stereocenters. The fraction of sp³-hybridized carbons (Fsp3) is 0.438. The van der Waals surface area contributed by atoms with E-state index in [4.69, 9.17) is 4.42 Å². The molecule has 2 fully saturated rings. The van der Waals surface area contributed by atoms with Gasteiger partial charge in [0.15, 0.2) is 0 Å². The van der Waals surface area contributed by atoms with Crippen LogP contribution in [0.4, 0.5) is 0 Å². The normalized spacial score (nSPS) is 21.8. The van der Waals surface area contributed by atoms with Gasteiger partial charge in [-0.05, 0) is 37.5 Å². The number of likely N-dealkylation sites (tertiary alicyclic amines) is 1. The molecule has 1 aliphatic carbocycles. The standard InChI is InChI=1S/C16H18N4O2/c21-16(6-5-14-2-1-9-22-14)19-8-7-13(10-19)20-11-15(17-18-20)12-3-4-12/h1-2,5-6,9,11-13H,3-4,7-8,10H2/b6-5+. The van der Waals surface area contributed by atoms with Gasteiger partial charge in [-0.1, -0.05) is 5.21 Å². The van der Waals surface area contributed by atoms with Gasteiger partial charge < -0.3 is 9.32 Å². The minimum Gasteiger partial charge on any atom is -0.465 e. The summed E-state index contributed by atoms with van der Waals surface area (Å²) in [5.74, 6) is 1.32. The minimum absolute atomic E-state index is 0.0152. The van der Waals surface area contributed by atoms with Crippen molar-refractivity contribution in [3.05, 3.63) is 42.1 Å². The molecule has 0 spiro atoms. The van der Waals surface area contributed by atoms with Crippen molar-refractivity contribution < 1.29 is 9.21 Å². The number of aromatic nitrogens is 3. The molecule has 6 nitrogen and oxygen atoms in total. The Morgan fingerprint density at radius 3 is 3.05 bits per heavy atom. The molecule has 3 heterocycles. The molecule has 1 amide bonds. The van der Waals surface area contributed by atoms with Crippen molar-refractivity contribution in [1.29, 1.82) is 0 Å². The summed E-state index contributed by atoms with van der Waals surface area (Å²) in [6.07, 6.45) is 10.3. The monoisotopic (exact) mass is 298 g/mol. The predicted octanol–water partition coefficient (Wildman–Crippen LogP) is 2.24. The van der Waals surface area contributed by atoms with E-state index in [0.717, 1.165) is 18.7 Å². The van der Waals surface area contributed by atoms with Gasteiger partial charge >= 0.3 is 0 Å². The van der Waals surface area contributed by atoms with E-state index in [2.05, 4.69) is 16.5 Å². The van der Waals surface area contributed by atoms with Crippen LogP contribution in [-0.2, 0) is 4.79 Å². The number of hydrogen-bond acceptors (Lipinski definition) is 4. The first kappa shape index (κ1) is 13.3. The van der Waals surface area contributed by atoms with E-state index in [-0.39, 0.29) is 11.9 Å². The summed E-state index contributed by atoms with van der Waals surface area (Å²) in [6.45, 7) is 1.44. The highest BCUT2D eigenvalue weighted by molar-refractivity contribution is 5.91. The van der Waals surface area contributed by atoms with E-state index in [1.807, 2.05) is 15.6 Å². The van der Waals surface area contributed by atoms with E-state index >= 15 is 0 Å². The van der Waals surface area contributed by atoms with Crippen LogP contribution >= 0.6 is 0 Å². The van der Waals surface area contributed by atoms with Crippen molar-refractivity contribution in [1.82, 2.24) is 19.9 Å². The van der Waals surface area contributed by atoms with Gasteiger partial charge in [-0.3, -0.25) is 4.79 Å². The van der Waals surface area contributed by atoms with E-state index < -0.39 is 0 Å². The van der Waals surface area contributed by atoms with Gasteiger partial charge in [0, 0.05) is 31.3 Å². The number of amides is 1. The van der Waals surface area contributed by atoms with Crippen LogP contribution in [0.3, 0.4) is 0 Å². The Morgan fingerprint density at radius 1 is 1.36 bits per heavy atom. The van der Waals surface area contributed by atoms with Crippen LogP contribution in [0.15, 0.2) is 35.1 Å². The van der Waals surface area contributed by atoms with Crippen LogP contribution in [0, 0.1) is 0 Å². The number of furan rings is 1. The Balaban J connectivity index is 1.37. The Labute approximate surface area is 128 Å². The molecule has 0 aromatic carbocycles. The SMILES string of the molecule is O=C(/C=C/c1ccco1)N1CCC(n2cc(C3CC3)nn2)C1. The van der Waals surface area contributed by atoms with Gasteiger partial charge in [-0.25, -0.2) is 4.68 Å². The van der Waals surface area contributed by atoms with E-state index in [1.165, 1.54) is 12.8 Å². The topological polar surface area (TPSA) is 64.2 Å². The molecule has 114 valence electrons. The second kappa shape index (κ2) is 5.44. The number of carbonyl (C=O) groups excluding carboxylic acids is 1. The summed E-state index contributed by atoms with van der Waals surface area (Å²) < 4.78 is 7.12. The van der Waals surface area contributed by atoms with Crippen molar-refractivity contribution in [3.8, 4) is 0 Å². The van der Waals surface area contributed by atoms with Crippen LogP contribution in [0.2, 0.25) is 0 Å². The fourth-order valence-corrected chi connectivity index (χ4v) is 2.84. The van der Waals surface area contributed by atoms with Crippen LogP contribution in [0.1, 0.15) is 42.7 Å². The molecule has 6 heteroatoms. The predicted molar refractivity (Wildman–Crippen MR) is 80.0 cm³/mol. The summed E-state index contributed by atoms with van der Waals surface area (Å²) in [5.41, 5.74) is 1.10. The van der Waals surface area contributed by atoms with Crippen molar-refractivity contribution in [2.45, 2.75) is 31.2 Å². The third kappa shape index (κ3) is 2.68. The van der Waals surface area contributed by atoms with Crippen LogP contribution in [0.25, 0.3) is 6.08 Å². The number of nitrogens with zero attached hydrogens (tertiary/aromatic N) is 4. The van der Waals surface area contributed by atoms with E-state index in [1.54, 1.807) is 24.5 Å². The highest BCUT2D eigenvalue weighted by atomic mass is 16.3. The fourth-order valence-electron chi connectivity index (χ4n) is 2.84. The Hall–Kier alpha value is -2.37. The molecule has 4 rings (SSSR count). The Bertz CT molecular complexity index is 685. The van der Waals surface area contributed by atoms with Gasteiger partial charge in [0.25, 0.3) is 0 Å². The second-order valence-electron chi connectivity index (χ2n) is 5.97. The first-order valence-corrected chi connectivity index (χ1v) is 7.72. The molecule has 1 aliphatic heterocycles. The van der Waals surface area contributed by atoms with E-state index in [0.29, 0.717) is 18.2 Å². The highest BCUT2D eigenvalue weighted by Crippen LogP contribution is 2.39. The molecule has 2 aromatic heterocycles. The van der Waals surface area contributed by atoms with Gasteiger partial charge in [0.05, 0.1) is 18.0 Å². The lowest BCUT2D eigenvalue weighted by atomic mass is 10.2. The van der Waals surface area contributed by atoms with Crippen LogP contribution < -0.4 is 0 Å². The highest BCUT2D eigenvalue weighted by Gasteiger charge is 2.30. The molecule has 1 saturated carbocycles. The van der Waals surface area contributed by atoms with Gasteiger partial charge in [0.1, 0.15) is 5.76 Å². The summed E-state index contributed by atoms with van der Waals surface area (Å²) in [5, 5.41) is 8.48. The number of carbonyl (C=O) groups is 1. The zero-order chi connectivity index (χ0) is 14.9. The molecular formula is C16H18N4O2. The maximum absolute atomic E-state index is 12.2. The number of hydrogen-bond donors (Lipinski definition) is 0. The summed E-state index contributed by atoms with van der Waals surface area (Å²) in [7, 11) is 0. The maximum atomic E-state index is 12.2. The van der Waals surface area contributed by atoms with E-state index in [9.17, 15) is 4.79 Å². The molecule has 1 saturated heterocycles. The Kier molecular flexibility index (Phi) is 3.29. The molecule has 0 N–H and O–H groups in total. The van der Waals surface area contributed by atoms with Gasteiger partial charge in [0.2, 0.25) is 5.91 Å². The summed E-state index contributed by atoms with van der Waals surface area (Å²) in [6, 6.07) is 3.87. The van der Waals surface area contributed by atoms with Crippen molar-refractivity contribution in [2.24, 2.45) is 0 Å². The average molecular weight is 298 g/mol. The second-order valence-corrected chi connectivity index (χ2v) is 5.97. The van der Waals surface area contributed by atoms with Gasteiger partial charge in [-0.2, -0.15) is 0 Å². The molecule has 0 bridgehead atoms. The quantitative estimate of drug-likeness (QED) is 0.812. The lowest BCUT2D eigenvalue weighted by molar-refractivity contribution is -0.125. The zero-order valence-corrected chi connectivity index (χ0v) is 12.3. The number of rotatable bonds is 4. The molecule has 22 heavy (non-hydrogen) atoms. The third-order valence-electron chi connectivity index (χ3n) is 4.31. The lowest BCUT2D eigenvalue weighted by Gasteiger charge is -2.14. The Morgan fingerprint density at radius 2 is 2.27 bits per heavy atom. The first-order valence-electron chi connectivity index (χ1n) is 7.72. The van der Waals surface area contributed by atoms with Crippen LogP contribution in [-0.4, -0.2) is 38.9 Å². The maximum Gasteiger partial charge on any atom is 0.246 e. The largest absolute Gasteiger partial charge is 0.465 e. The zero-order valence-electron chi connectivity index (χ0n) is 12.3. The van der Waals surface area contributed by atoms with Crippen LogP contribution in [0.5, 0.6) is 0 Å². The minimum atomic E-state index is 0.0152.